The number of carbonyl (C=O) groups excluding carboxylic acids is 1. The lowest BCUT2D eigenvalue weighted by Gasteiger charge is -2.20. The number of amides is 1. The summed E-state index contributed by atoms with van der Waals surface area (Å²) >= 11 is 3.41. The van der Waals surface area contributed by atoms with Crippen molar-refractivity contribution in [2.75, 3.05) is 20.2 Å². The molecular weight excluding hydrogens is 456 g/mol. The molecular formula is C21H25BrN2O4S. The van der Waals surface area contributed by atoms with Crippen LogP contribution in [0.2, 0.25) is 0 Å². The molecule has 1 aliphatic heterocycles. The number of sulfonamides is 1. The molecule has 0 saturated carbocycles. The summed E-state index contributed by atoms with van der Waals surface area (Å²) in [4.78, 5) is 12.9. The predicted octanol–water partition coefficient (Wildman–Crippen LogP) is 4.12. The van der Waals surface area contributed by atoms with E-state index in [1.807, 2.05) is 31.2 Å². The van der Waals surface area contributed by atoms with Crippen molar-refractivity contribution in [2.24, 2.45) is 0 Å². The van der Waals surface area contributed by atoms with Gasteiger partial charge in [-0.3, -0.25) is 4.79 Å². The van der Waals surface area contributed by atoms with Crippen molar-refractivity contribution in [3.05, 3.63) is 58.1 Å². The van der Waals surface area contributed by atoms with E-state index in [-0.39, 0.29) is 22.6 Å². The minimum Gasteiger partial charge on any atom is -0.495 e. The summed E-state index contributed by atoms with van der Waals surface area (Å²) < 4.78 is 33.7. The number of hydrogen-bond acceptors (Lipinski definition) is 4. The lowest BCUT2D eigenvalue weighted by molar-refractivity contribution is 0.0935. The number of nitrogens with one attached hydrogen (secondary N) is 1. The molecule has 6 nitrogen and oxygen atoms in total. The first-order chi connectivity index (χ1) is 13.9. The van der Waals surface area contributed by atoms with Gasteiger partial charge in [-0.15, -0.1) is 0 Å². The van der Waals surface area contributed by atoms with E-state index >= 15 is 0 Å². The van der Waals surface area contributed by atoms with Gasteiger partial charge in [-0.25, -0.2) is 8.42 Å². The highest BCUT2D eigenvalue weighted by Gasteiger charge is 2.30. The largest absolute Gasteiger partial charge is 0.495 e. The molecule has 1 unspecified atom stereocenters. The molecule has 2 aromatic carbocycles. The van der Waals surface area contributed by atoms with E-state index in [4.69, 9.17) is 4.74 Å². The molecule has 1 aliphatic rings. The van der Waals surface area contributed by atoms with Crippen molar-refractivity contribution in [3.63, 3.8) is 0 Å². The lowest BCUT2D eigenvalue weighted by Crippen LogP contribution is -2.30. The molecule has 8 heteroatoms. The third-order valence-electron chi connectivity index (χ3n) is 5.09. The Kier molecular flexibility index (Phi) is 6.97. The summed E-state index contributed by atoms with van der Waals surface area (Å²) in [5, 5.41) is 3.00. The van der Waals surface area contributed by atoms with Crippen molar-refractivity contribution in [2.45, 2.75) is 37.1 Å². The second kappa shape index (κ2) is 9.28. The zero-order chi connectivity index (χ0) is 21.0. The maximum Gasteiger partial charge on any atom is 0.251 e. The predicted molar refractivity (Wildman–Crippen MR) is 116 cm³/mol. The molecule has 2 aromatic rings. The molecule has 1 saturated heterocycles. The number of methoxy groups -OCH3 is 1. The number of benzene rings is 2. The Morgan fingerprint density at radius 2 is 1.83 bits per heavy atom. The normalized spacial score (nSPS) is 15.8. The van der Waals surface area contributed by atoms with E-state index in [1.54, 1.807) is 12.1 Å². The van der Waals surface area contributed by atoms with Crippen molar-refractivity contribution in [1.82, 2.24) is 9.62 Å². The number of rotatable bonds is 7. The van der Waals surface area contributed by atoms with E-state index in [9.17, 15) is 13.2 Å². The molecule has 0 aliphatic carbocycles. The van der Waals surface area contributed by atoms with Crippen LogP contribution in [0.15, 0.2) is 51.8 Å². The maximum absolute atomic E-state index is 13.0. The summed E-state index contributed by atoms with van der Waals surface area (Å²) in [7, 11) is -2.28. The fourth-order valence-electron chi connectivity index (χ4n) is 3.44. The summed E-state index contributed by atoms with van der Waals surface area (Å²) in [6, 6.07) is 12.1. The first-order valence-corrected chi connectivity index (χ1v) is 11.8. The highest BCUT2D eigenvalue weighted by atomic mass is 79.9. The highest BCUT2D eigenvalue weighted by Crippen LogP contribution is 2.30. The Balaban J connectivity index is 1.88. The van der Waals surface area contributed by atoms with Crippen LogP contribution in [0.3, 0.4) is 0 Å². The summed E-state index contributed by atoms with van der Waals surface area (Å²) in [5.41, 5.74) is 1.28. The van der Waals surface area contributed by atoms with Crippen molar-refractivity contribution in [1.29, 1.82) is 0 Å². The second-order valence-corrected chi connectivity index (χ2v) is 9.78. The van der Waals surface area contributed by atoms with Crippen LogP contribution < -0.4 is 10.1 Å². The first-order valence-electron chi connectivity index (χ1n) is 9.61. The zero-order valence-electron chi connectivity index (χ0n) is 16.5. The van der Waals surface area contributed by atoms with E-state index < -0.39 is 10.0 Å². The molecule has 0 aromatic heterocycles. The van der Waals surface area contributed by atoms with Gasteiger partial charge >= 0.3 is 0 Å². The third-order valence-corrected chi connectivity index (χ3v) is 7.54. The van der Waals surface area contributed by atoms with Crippen molar-refractivity contribution < 1.29 is 17.9 Å². The third kappa shape index (κ3) is 4.82. The van der Waals surface area contributed by atoms with Crippen molar-refractivity contribution >= 4 is 31.9 Å². The minimum atomic E-state index is -3.71. The molecule has 3 rings (SSSR count). The molecule has 0 bridgehead atoms. The minimum absolute atomic E-state index is 0.0336. The summed E-state index contributed by atoms with van der Waals surface area (Å²) in [6.45, 7) is 2.97. The first kappa shape index (κ1) is 21.8. The molecule has 1 N–H and O–H groups in total. The summed E-state index contributed by atoms with van der Waals surface area (Å²) in [6.07, 6.45) is 2.39. The zero-order valence-corrected chi connectivity index (χ0v) is 18.9. The lowest BCUT2D eigenvalue weighted by atomic mass is 10.0. The molecule has 1 atom stereocenters. The quantitative estimate of drug-likeness (QED) is 0.646. The average molecular weight is 481 g/mol. The molecule has 1 heterocycles. The van der Waals surface area contributed by atoms with Crippen LogP contribution in [0.25, 0.3) is 0 Å². The smallest absolute Gasteiger partial charge is 0.251 e. The van der Waals surface area contributed by atoms with E-state index in [0.29, 0.717) is 25.1 Å². The monoisotopic (exact) mass is 480 g/mol. The Morgan fingerprint density at radius 3 is 2.41 bits per heavy atom. The van der Waals surface area contributed by atoms with Gasteiger partial charge in [0.25, 0.3) is 5.91 Å². The average Bonchev–Trinajstić information content (AvgIpc) is 3.28. The van der Waals surface area contributed by atoms with E-state index in [1.165, 1.54) is 17.5 Å². The van der Waals surface area contributed by atoms with Crippen LogP contribution >= 0.6 is 15.9 Å². The standard InChI is InChI=1S/C21H25BrN2O4S/c1-3-18(15-6-9-17(22)10-7-15)23-21(25)16-8-11-19(28-2)20(14-16)29(26,27)24-12-4-5-13-24/h6-11,14,18H,3-5,12-13H2,1-2H3,(H,23,25). The Bertz CT molecular complexity index is 971. The van der Waals surface area contributed by atoms with Crippen LogP contribution in [0.4, 0.5) is 0 Å². The molecule has 29 heavy (non-hydrogen) atoms. The number of ether oxygens (including phenoxy) is 1. The molecule has 0 radical (unpaired) electrons. The van der Waals surface area contributed by atoms with Gasteiger partial charge in [0, 0.05) is 23.1 Å². The van der Waals surface area contributed by atoms with Crippen LogP contribution in [0.1, 0.15) is 48.1 Å². The Hall–Kier alpha value is -1.90. The van der Waals surface area contributed by atoms with Crippen LogP contribution in [0.5, 0.6) is 5.75 Å². The van der Waals surface area contributed by atoms with Gasteiger partial charge in [-0.05, 0) is 55.2 Å². The van der Waals surface area contributed by atoms with Crippen molar-refractivity contribution in [3.8, 4) is 5.75 Å². The van der Waals surface area contributed by atoms with Gasteiger partial charge in [0.15, 0.2) is 0 Å². The number of carbonyl (C=O) groups is 1. The van der Waals surface area contributed by atoms with Gasteiger partial charge in [0.05, 0.1) is 13.2 Å². The fraction of sp³-hybridized carbons (Fsp3) is 0.381. The summed E-state index contributed by atoms with van der Waals surface area (Å²) in [5.74, 6) is -0.0753. The Morgan fingerprint density at radius 1 is 1.17 bits per heavy atom. The molecule has 0 spiro atoms. The van der Waals surface area contributed by atoms with Gasteiger partial charge in [0.1, 0.15) is 10.6 Å². The second-order valence-electron chi connectivity index (χ2n) is 6.96. The maximum atomic E-state index is 13.0. The van der Waals surface area contributed by atoms with Crippen LogP contribution in [0, 0.1) is 0 Å². The highest BCUT2D eigenvalue weighted by molar-refractivity contribution is 9.10. The molecule has 1 fully saturated rings. The number of hydrogen-bond donors (Lipinski definition) is 1. The fourth-order valence-corrected chi connectivity index (χ4v) is 5.41. The number of nitrogens with zero attached hydrogens (tertiary/aromatic N) is 1. The topological polar surface area (TPSA) is 75.7 Å². The van der Waals surface area contributed by atoms with Gasteiger partial charge in [-0.2, -0.15) is 4.31 Å². The van der Waals surface area contributed by atoms with Crippen LogP contribution in [-0.4, -0.2) is 38.8 Å². The van der Waals surface area contributed by atoms with Gasteiger partial charge in [-0.1, -0.05) is 35.0 Å². The van der Waals surface area contributed by atoms with Gasteiger partial charge in [0.2, 0.25) is 10.0 Å². The van der Waals surface area contributed by atoms with Gasteiger partial charge < -0.3 is 10.1 Å². The molecule has 1 amide bonds. The number of halogens is 1. The Labute approximate surface area is 180 Å². The SMILES string of the molecule is CCC(NC(=O)c1ccc(OC)c(S(=O)(=O)N2CCCC2)c1)c1ccc(Br)cc1. The van der Waals surface area contributed by atoms with E-state index in [2.05, 4.69) is 21.2 Å². The van der Waals surface area contributed by atoms with Crippen LogP contribution in [-0.2, 0) is 10.0 Å². The molecule has 156 valence electrons. The van der Waals surface area contributed by atoms with E-state index in [0.717, 1.165) is 22.9 Å².